The highest BCUT2D eigenvalue weighted by Gasteiger charge is 2.52. The Labute approximate surface area is 221 Å². The fraction of sp³-hybridized carbons (Fsp3) is 0.407. The summed E-state index contributed by atoms with van der Waals surface area (Å²) in [6.07, 6.45) is 0.210. The van der Waals surface area contributed by atoms with Gasteiger partial charge in [0.05, 0.1) is 24.6 Å². The number of thioether (sulfide) groups is 1. The molecule has 1 aliphatic heterocycles. The van der Waals surface area contributed by atoms with E-state index in [4.69, 9.17) is 4.74 Å². The molecule has 198 valence electrons. The van der Waals surface area contributed by atoms with Gasteiger partial charge in [0.2, 0.25) is 5.91 Å². The van der Waals surface area contributed by atoms with Gasteiger partial charge in [-0.1, -0.05) is 18.2 Å². The number of hydrogen-bond acceptors (Lipinski definition) is 7. The number of hydrogen-bond donors (Lipinski definition) is 1. The van der Waals surface area contributed by atoms with Gasteiger partial charge in [-0.05, 0) is 50.6 Å². The molecule has 37 heavy (non-hydrogen) atoms. The molecular weight excluding hydrogens is 494 g/mol. The van der Waals surface area contributed by atoms with Crippen LogP contribution < -0.4 is 0 Å². The number of nitro benzene ring substituents is 1. The molecule has 1 N–H and O–H groups in total. The summed E-state index contributed by atoms with van der Waals surface area (Å²) < 4.78 is 6.12. The van der Waals surface area contributed by atoms with E-state index in [0.29, 0.717) is 22.2 Å². The molecule has 9 nitrogen and oxygen atoms in total. The van der Waals surface area contributed by atoms with Crippen LogP contribution in [0.15, 0.2) is 70.9 Å². The minimum absolute atomic E-state index is 0.0638. The number of aliphatic hydroxyl groups excluding tert-OH is 1. The molecular formula is C27H34N3O6S+. The average Bonchev–Trinajstić information content (AvgIpc) is 2.91. The number of quaternary nitrogens is 1. The predicted octanol–water partition coefficient (Wildman–Crippen LogP) is 5.02. The van der Waals surface area contributed by atoms with Crippen molar-refractivity contribution in [3.8, 4) is 0 Å². The molecule has 0 aromatic heterocycles. The topological polar surface area (TPSA) is 110 Å². The molecule has 0 aliphatic carbocycles. The van der Waals surface area contributed by atoms with Crippen molar-refractivity contribution in [2.75, 3.05) is 25.4 Å². The van der Waals surface area contributed by atoms with E-state index < -0.39 is 10.9 Å². The molecule has 10 heteroatoms. The van der Waals surface area contributed by atoms with Crippen LogP contribution in [-0.4, -0.2) is 62.8 Å². The fourth-order valence-electron chi connectivity index (χ4n) is 4.60. The van der Waals surface area contributed by atoms with E-state index in [2.05, 4.69) is 20.8 Å². The first-order valence-electron chi connectivity index (χ1n) is 12.4. The van der Waals surface area contributed by atoms with Gasteiger partial charge in [0.15, 0.2) is 11.9 Å². The highest BCUT2D eigenvalue weighted by molar-refractivity contribution is 7.99. The van der Waals surface area contributed by atoms with E-state index in [-0.39, 0.29) is 42.2 Å². The van der Waals surface area contributed by atoms with Crippen LogP contribution in [0.1, 0.15) is 39.2 Å². The van der Waals surface area contributed by atoms with E-state index in [0.717, 1.165) is 24.5 Å². The molecule has 0 radical (unpaired) electrons. The maximum Gasteiger partial charge on any atom is 0.359 e. The second kappa shape index (κ2) is 12.7. The molecule has 1 unspecified atom stereocenters. The van der Waals surface area contributed by atoms with E-state index >= 15 is 0 Å². The number of carbonyl (C=O) groups excluding carboxylic acids is 2. The summed E-state index contributed by atoms with van der Waals surface area (Å²) in [5, 5.41) is 22.0. The van der Waals surface area contributed by atoms with Crippen molar-refractivity contribution >= 4 is 29.3 Å². The van der Waals surface area contributed by atoms with Crippen LogP contribution in [0.3, 0.4) is 0 Å². The third kappa shape index (κ3) is 6.50. The summed E-state index contributed by atoms with van der Waals surface area (Å²) in [7, 11) is 0. The number of ether oxygens (including phenoxy) is 1. The molecule has 0 saturated carbocycles. The number of non-ortho nitro benzene ring substituents is 1. The first kappa shape index (κ1) is 28.2. The standard InChI is InChI=1S/C27H33N3O6S/c1-4-30(5-2,6-3)24-18-25(32)28(24)26(23(31)16-17-37-22-10-8-7-9-11-22)27(33)36-19-20-12-14-21(15-13-20)29(34)35/h7-15,24H,4-6,16-19H2,1-3H3/p+1. The number of rotatable bonds is 13. The molecule has 1 aliphatic rings. The maximum atomic E-state index is 13.3. The van der Waals surface area contributed by atoms with Crippen LogP contribution in [0.25, 0.3) is 0 Å². The molecule has 3 rings (SSSR count). The van der Waals surface area contributed by atoms with Crippen molar-refractivity contribution in [1.82, 2.24) is 4.90 Å². The zero-order valence-electron chi connectivity index (χ0n) is 21.5. The van der Waals surface area contributed by atoms with Gasteiger partial charge in [-0.15, -0.1) is 11.8 Å². The quantitative estimate of drug-likeness (QED) is 0.0568. The maximum absolute atomic E-state index is 13.3. The van der Waals surface area contributed by atoms with E-state index in [1.54, 1.807) is 11.8 Å². The molecule has 1 atom stereocenters. The summed E-state index contributed by atoms with van der Waals surface area (Å²) in [4.78, 5) is 39.0. The van der Waals surface area contributed by atoms with Gasteiger partial charge in [-0.2, -0.15) is 0 Å². The number of nitrogens with zero attached hydrogens (tertiary/aromatic N) is 3. The molecule has 2 aromatic rings. The summed E-state index contributed by atoms with van der Waals surface area (Å²) >= 11 is 1.54. The van der Waals surface area contributed by atoms with Crippen molar-refractivity contribution in [1.29, 1.82) is 0 Å². The van der Waals surface area contributed by atoms with Crippen LogP contribution in [0.5, 0.6) is 0 Å². The largest absolute Gasteiger partial charge is 0.510 e. The number of esters is 1. The fourth-order valence-corrected chi connectivity index (χ4v) is 5.48. The highest BCUT2D eigenvalue weighted by atomic mass is 32.2. The molecule has 2 aromatic carbocycles. The average molecular weight is 529 g/mol. The Hall–Kier alpha value is -3.37. The number of β-lactam (4-membered cyclic amide) rings is 1. The zero-order chi connectivity index (χ0) is 27.0. The lowest BCUT2D eigenvalue weighted by molar-refractivity contribution is -0.958. The number of benzene rings is 2. The van der Waals surface area contributed by atoms with Crippen molar-refractivity contribution in [3.05, 3.63) is 81.7 Å². The lowest BCUT2D eigenvalue weighted by Gasteiger charge is -2.52. The number of likely N-dealkylation sites (tertiary alicyclic amines) is 1. The molecule has 0 spiro atoms. The number of aliphatic hydroxyl groups is 1. The third-order valence-electron chi connectivity index (χ3n) is 7.02. The molecule has 1 amide bonds. The third-order valence-corrected chi connectivity index (χ3v) is 8.03. The Morgan fingerprint density at radius 2 is 1.73 bits per heavy atom. The van der Waals surface area contributed by atoms with E-state index in [1.165, 1.54) is 29.2 Å². The monoisotopic (exact) mass is 528 g/mol. The predicted molar refractivity (Wildman–Crippen MR) is 141 cm³/mol. The Morgan fingerprint density at radius 1 is 1.11 bits per heavy atom. The smallest absolute Gasteiger partial charge is 0.359 e. The lowest BCUT2D eigenvalue weighted by Crippen LogP contribution is -2.70. The highest BCUT2D eigenvalue weighted by Crippen LogP contribution is 2.35. The van der Waals surface area contributed by atoms with Crippen molar-refractivity contribution in [2.45, 2.75) is 51.3 Å². The van der Waals surface area contributed by atoms with Gasteiger partial charge in [0.25, 0.3) is 5.69 Å². The number of carbonyl (C=O) groups is 2. The van der Waals surface area contributed by atoms with E-state index in [9.17, 15) is 24.8 Å². The van der Waals surface area contributed by atoms with Crippen LogP contribution in [0.2, 0.25) is 0 Å². The minimum Gasteiger partial charge on any atom is -0.510 e. The first-order valence-corrected chi connectivity index (χ1v) is 13.4. The molecule has 1 saturated heterocycles. The van der Waals surface area contributed by atoms with Gasteiger partial charge in [-0.3, -0.25) is 19.8 Å². The summed E-state index contributed by atoms with van der Waals surface area (Å²) in [6.45, 7) is 8.35. The van der Waals surface area contributed by atoms with Gasteiger partial charge in [-0.25, -0.2) is 4.79 Å². The van der Waals surface area contributed by atoms with Crippen LogP contribution in [0.4, 0.5) is 5.69 Å². The Bertz CT molecular complexity index is 1120. The van der Waals surface area contributed by atoms with Gasteiger partial charge >= 0.3 is 5.97 Å². The summed E-state index contributed by atoms with van der Waals surface area (Å²) in [5.74, 6) is -0.694. The second-order valence-corrected chi connectivity index (χ2v) is 9.99. The van der Waals surface area contributed by atoms with Crippen molar-refractivity contribution in [3.63, 3.8) is 0 Å². The SMILES string of the molecule is CC[N+](CC)(CC)C1CC(=O)N1C(C(=O)OCc1ccc([N+](=O)[O-])cc1)=C(O)CCSc1ccccc1. The Kier molecular flexibility index (Phi) is 9.71. The second-order valence-electron chi connectivity index (χ2n) is 8.82. The Balaban J connectivity index is 1.84. The lowest BCUT2D eigenvalue weighted by atomic mass is 10.0. The summed E-state index contributed by atoms with van der Waals surface area (Å²) in [5.41, 5.74) is 0.380. The van der Waals surface area contributed by atoms with Gasteiger partial charge in [0.1, 0.15) is 18.8 Å². The summed E-state index contributed by atoms with van der Waals surface area (Å²) in [6, 6.07) is 15.4. The first-order chi connectivity index (χ1) is 17.8. The van der Waals surface area contributed by atoms with Gasteiger partial charge < -0.3 is 14.3 Å². The number of nitro groups is 1. The Morgan fingerprint density at radius 3 is 2.27 bits per heavy atom. The molecule has 0 bridgehead atoms. The normalized spacial score (nSPS) is 16.1. The number of allylic oxidation sites excluding steroid dienone is 1. The molecule has 1 heterocycles. The van der Waals surface area contributed by atoms with Crippen LogP contribution >= 0.6 is 11.8 Å². The van der Waals surface area contributed by atoms with Gasteiger partial charge in [0, 0.05) is 29.2 Å². The zero-order valence-corrected chi connectivity index (χ0v) is 22.3. The van der Waals surface area contributed by atoms with Crippen molar-refractivity contribution < 1.29 is 28.8 Å². The van der Waals surface area contributed by atoms with Crippen molar-refractivity contribution in [2.24, 2.45) is 0 Å². The number of amides is 1. The molecule has 1 fully saturated rings. The van der Waals surface area contributed by atoms with Crippen LogP contribution in [-0.2, 0) is 20.9 Å². The van der Waals surface area contributed by atoms with E-state index in [1.807, 2.05) is 30.3 Å². The van der Waals surface area contributed by atoms with Crippen LogP contribution in [0, 0.1) is 10.1 Å². The minimum atomic E-state index is -0.792.